The normalized spacial score (nSPS) is 22.6. The Labute approximate surface area is 233 Å². The van der Waals surface area contributed by atoms with E-state index in [9.17, 15) is 14.7 Å². The number of ether oxygens (including phenoxy) is 1. The number of nitrogens with zero attached hydrogens (tertiary/aromatic N) is 4. The van der Waals surface area contributed by atoms with Gasteiger partial charge in [0.05, 0.1) is 11.7 Å². The molecule has 3 aromatic rings. The molecule has 0 radical (unpaired) electrons. The van der Waals surface area contributed by atoms with E-state index in [2.05, 4.69) is 29.8 Å². The van der Waals surface area contributed by atoms with Crippen molar-refractivity contribution in [3.8, 4) is 11.8 Å². The summed E-state index contributed by atoms with van der Waals surface area (Å²) >= 11 is 0. The Bertz CT molecular complexity index is 1470. The second-order valence-electron chi connectivity index (χ2n) is 11.1. The van der Waals surface area contributed by atoms with Gasteiger partial charge in [-0.05, 0) is 73.1 Å². The fourth-order valence-electron chi connectivity index (χ4n) is 6.38. The number of benzene rings is 2. The van der Waals surface area contributed by atoms with Crippen molar-refractivity contribution in [2.75, 3.05) is 31.1 Å². The number of anilines is 1. The topological polar surface area (TPSA) is 108 Å². The third-order valence-corrected chi connectivity index (χ3v) is 8.44. The van der Waals surface area contributed by atoms with Crippen LogP contribution in [0.1, 0.15) is 48.9 Å². The van der Waals surface area contributed by atoms with Crippen molar-refractivity contribution in [1.29, 1.82) is 0 Å². The van der Waals surface area contributed by atoms with Crippen LogP contribution in [0.25, 0.3) is 10.8 Å². The Morgan fingerprint density at radius 2 is 2.05 bits per heavy atom. The largest absolute Gasteiger partial charge is 0.508 e. The van der Waals surface area contributed by atoms with Crippen molar-refractivity contribution in [3.05, 3.63) is 65.9 Å². The first-order chi connectivity index (χ1) is 19.4. The number of carbonyl (C=O) groups is 2. The fourth-order valence-corrected chi connectivity index (χ4v) is 6.38. The van der Waals surface area contributed by atoms with Crippen LogP contribution >= 0.6 is 0 Å². The first-order valence-electron chi connectivity index (χ1n) is 14.1. The zero-order valence-electron chi connectivity index (χ0n) is 22.8. The van der Waals surface area contributed by atoms with Gasteiger partial charge in [-0.3, -0.25) is 9.59 Å². The summed E-state index contributed by atoms with van der Waals surface area (Å²) in [5, 5.41) is 15.6. The fraction of sp³-hybridized carbons (Fsp3) is 0.419. The zero-order valence-corrected chi connectivity index (χ0v) is 22.8. The van der Waals surface area contributed by atoms with E-state index in [1.165, 1.54) is 6.08 Å². The lowest BCUT2D eigenvalue weighted by atomic mass is 9.80. The van der Waals surface area contributed by atoms with Gasteiger partial charge >= 0.3 is 6.01 Å². The summed E-state index contributed by atoms with van der Waals surface area (Å²) in [7, 11) is 0. The molecule has 1 aliphatic carbocycles. The summed E-state index contributed by atoms with van der Waals surface area (Å²) in [4.78, 5) is 37.8. The Balaban J connectivity index is 1.33. The van der Waals surface area contributed by atoms with Gasteiger partial charge in [0, 0.05) is 37.7 Å². The van der Waals surface area contributed by atoms with Crippen LogP contribution in [0.15, 0.2) is 49.1 Å². The van der Waals surface area contributed by atoms with Crippen LogP contribution in [0.5, 0.6) is 11.8 Å². The second kappa shape index (κ2) is 10.8. The highest BCUT2D eigenvalue weighted by atomic mass is 16.5. The maximum atomic E-state index is 12.3. The summed E-state index contributed by atoms with van der Waals surface area (Å²) in [6, 6.07) is 12.2. The van der Waals surface area contributed by atoms with Crippen molar-refractivity contribution in [3.63, 3.8) is 0 Å². The van der Waals surface area contributed by atoms with Gasteiger partial charge in [-0.1, -0.05) is 30.8 Å². The molecule has 208 valence electrons. The number of aromatic nitrogens is 2. The molecular weight excluding hydrogens is 506 g/mol. The van der Waals surface area contributed by atoms with E-state index in [1.54, 1.807) is 0 Å². The number of amides is 2. The molecule has 9 nitrogen and oxygen atoms in total. The first-order valence-corrected chi connectivity index (χ1v) is 14.1. The maximum Gasteiger partial charge on any atom is 0.318 e. The third-order valence-electron chi connectivity index (χ3n) is 8.44. The smallest absolute Gasteiger partial charge is 0.318 e. The number of phenolic OH excluding ortho intramolecular Hbond substituents is 1. The number of fused-ring (bicyclic) bond motifs is 2. The van der Waals surface area contributed by atoms with Crippen molar-refractivity contribution < 1.29 is 19.4 Å². The highest BCUT2D eigenvalue weighted by Crippen LogP contribution is 2.40. The lowest BCUT2D eigenvalue weighted by molar-refractivity contribution is -0.126. The van der Waals surface area contributed by atoms with E-state index in [4.69, 9.17) is 14.7 Å². The van der Waals surface area contributed by atoms with Gasteiger partial charge in [0.15, 0.2) is 0 Å². The van der Waals surface area contributed by atoms with Crippen molar-refractivity contribution >= 4 is 28.4 Å². The Morgan fingerprint density at radius 1 is 1.20 bits per heavy atom. The second-order valence-corrected chi connectivity index (χ2v) is 11.1. The number of piperazine rings is 1. The Hall–Kier alpha value is -4.14. The first kappa shape index (κ1) is 26.1. The highest BCUT2D eigenvalue weighted by Gasteiger charge is 2.33. The number of hydrogen-bond donors (Lipinski definition) is 2. The number of hydrogen-bond acceptors (Lipinski definition) is 7. The molecule has 2 N–H and O–H groups in total. The summed E-state index contributed by atoms with van der Waals surface area (Å²) < 4.78 is 6.10. The van der Waals surface area contributed by atoms with Crippen LogP contribution in [0.3, 0.4) is 0 Å². The van der Waals surface area contributed by atoms with Gasteiger partial charge in [-0.25, -0.2) is 0 Å². The Kier molecular flexibility index (Phi) is 7.04. The number of rotatable bonds is 6. The number of aromatic hydroxyl groups is 1. The van der Waals surface area contributed by atoms with Crippen molar-refractivity contribution in [2.45, 2.75) is 57.0 Å². The van der Waals surface area contributed by atoms with E-state index < -0.39 is 0 Å². The predicted molar refractivity (Wildman–Crippen MR) is 153 cm³/mol. The molecule has 40 heavy (non-hydrogen) atoms. The monoisotopic (exact) mass is 541 g/mol. The summed E-state index contributed by atoms with van der Waals surface area (Å²) in [6.45, 7) is 7.90. The summed E-state index contributed by atoms with van der Waals surface area (Å²) in [5.74, 6) is 1.32. The molecule has 9 heteroatoms. The zero-order chi connectivity index (χ0) is 27.8. The highest BCUT2D eigenvalue weighted by molar-refractivity contribution is 5.88. The predicted octanol–water partition coefficient (Wildman–Crippen LogP) is 3.49. The van der Waals surface area contributed by atoms with Crippen LogP contribution in [-0.2, 0) is 22.4 Å². The Morgan fingerprint density at radius 3 is 2.83 bits per heavy atom. The lowest BCUT2D eigenvalue weighted by Crippen LogP contribution is -2.54. The maximum absolute atomic E-state index is 12.3. The van der Waals surface area contributed by atoms with Gasteiger partial charge in [0.1, 0.15) is 18.2 Å². The molecule has 0 spiro atoms. The molecule has 6 rings (SSSR count). The van der Waals surface area contributed by atoms with Crippen molar-refractivity contribution in [2.24, 2.45) is 0 Å². The molecule has 2 amide bonds. The number of nitrogens with one attached hydrogen (secondary N) is 1. The van der Waals surface area contributed by atoms with Gasteiger partial charge in [0.25, 0.3) is 0 Å². The number of phenols is 1. The van der Waals surface area contributed by atoms with E-state index in [0.717, 1.165) is 52.7 Å². The van der Waals surface area contributed by atoms with E-state index in [1.807, 2.05) is 35.2 Å². The molecule has 2 aliphatic heterocycles. The van der Waals surface area contributed by atoms with E-state index >= 15 is 0 Å². The SMILES string of the molecule is C=CC(=O)N1CCN(c2nc(OCC3CCC(=O)N3)nc3c2CCC(c2cc(O)cc4ccccc24)C3)[C@@H](C)C1. The summed E-state index contributed by atoms with van der Waals surface area (Å²) in [5.41, 5.74) is 3.20. The average molecular weight is 542 g/mol. The minimum Gasteiger partial charge on any atom is -0.508 e. The van der Waals surface area contributed by atoms with Crippen LogP contribution in [0.2, 0.25) is 0 Å². The molecule has 2 unspecified atom stereocenters. The van der Waals surface area contributed by atoms with Gasteiger partial charge in [0.2, 0.25) is 11.8 Å². The number of carbonyl (C=O) groups excluding carboxylic acids is 2. The minimum absolute atomic E-state index is 0.0441. The van der Waals surface area contributed by atoms with Gasteiger partial charge in [-0.15, -0.1) is 0 Å². The average Bonchev–Trinajstić information content (AvgIpc) is 3.39. The standard InChI is InChI=1S/C31H35N5O4/c1-3-29(39)35-12-13-36(19(2)17-35)30-25-10-8-21(26-16-23(37)14-20-6-4-5-7-24(20)26)15-27(25)33-31(34-30)40-18-22-9-11-28(38)32-22/h3-7,14,16,19,21-22,37H,1,8-13,15,17-18H2,2H3,(H,32,38)/t19-,21?,22?/m0/s1. The molecule has 3 aliphatic rings. The molecule has 0 saturated carbocycles. The molecule has 2 fully saturated rings. The third kappa shape index (κ3) is 5.08. The molecule has 1 aromatic heterocycles. The molecule has 0 bridgehead atoms. The molecule has 2 saturated heterocycles. The van der Waals surface area contributed by atoms with Crippen LogP contribution in [-0.4, -0.2) is 70.1 Å². The molecular formula is C31H35N5O4. The van der Waals surface area contributed by atoms with Gasteiger partial charge in [-0.2, -0.15) is 9.97 Å². The minimum atomic E-state index is -0.0555. The molecule has 2 aromatic carbocycles. The van der Waals surface area contributed by atoms with E-state index in [-0.39, 0.29) is 35.6 Å². The van der Waals surface area contributed by atoms with Crippen LogP contribution in [0, 0.1) is 0 Å². The molecule has 3 heterocycles. The molecule has 3 atom stereocenters. The van der Waals surface area contributed by atoms with Gasteiger partial charge < -0.3 is 25.0 Å². The lowest BCUT2D eigenvalue weighted by Gasteiger charge is -2.41. The summed E-state index contributed by atoms with van der Waals surface area (Å²) in [6.07, 6.45) is 5.03. The van der Waals surface area contributed by atoms with E-state index in [0.29, 0.717) is 45.1 Å². The van der Waals surface area contributed by atoms with Crippen molar-refractivity contribution in [1.82, 2.24) is 20.2 Å². The van der Waals surface area contributed by atoms with Crippen LogP contribution in [0.4, 0.5) is 5.82 Å². The van der Waals surface area contributed by atoms with Crippen LogP contribution < -0.4 is 15.0 Å². The quantitative estimate of drug-likeness (QED) is 0.460.